The Hall–Kier alpha value is -0.397. The summed E-state index contributed by atoms with van der Waals surface area (Å²) in [5.41, 5.74) is 1.32. The van der Waals surface area contributed by atoms with Crippen LogP contribution in [0.1, 0.15) is 25.3 Å². The molecule has 0 heterocycles. The molecule has 0 aliphatic carbocycles. The van der Waals surface area contributed by atoms with Gasteiger partial charge in [-0.15, -0.1) is 12.4 Å². The summed E-state index contributed by atoms with van der Waals surface area (Å²) in [5.74, 6) is -0.0846. The second kappa shape index (κ2) is 8.72. The maximum absolute atomic E-state index is 11.1. The number of carbonyl (C=O) groups excluding carboxylic acids is 1. The first-order valence-corrected chi connectivity index (χ1v) is 6.77. The Labute approximate surface area is 113 Å². The van der Waals surface area contributed by atoms with E-state index in [1.54, 1.807) is 0 Å². The van der Waals surface area contributed by atoms with Gasteiger partial charge in [0.25, 0.3) is 0 Å². The molecule has 0 spiro atoms. The van der Waals surface area contributed by atoms with Crippen molar-refractivity contribution in [2.75, 3.05) is 6.61 Å². The summed E-state index contributed by atoms with van der Waals surface area (Å²) in [4.78, 5) is 11.1. The van der Waals surface area contributed by atoms with Crippen LogP contribution in [0.15, 0.2) is 24.3 Å². The molecule has 0 aliphatic rings. The maximum atomic E-state index is 11.1. The van der Waals surface area contributed by atoms with Crippen molar-refractivity contribution in [1.29, 1.82) is 0 Å². The molecule has 0 amide bonds. The number of benzene rings is 1. The fourth-order valence-electron chi connectivity index (χ4n) is 1.46. The minimum Gasteiger partial charge on any atom is -0.147 e. The molecule has 1 aromatic carbocycles. The van der Waals surface area contributed by atoms with E-state index >= 15 is 0 Å². The van der Waals surface area contributed by atoms with Gasteiger partial charge in [-0.2, -0.15) is 0 Å². The normalized spacial score (nSPS) is 9.44. The summed E-state index contributed by atoms with van der Waals surface area (Å²) in [6, 6.07) is 8.54. The van der Waals surface area contributed by atoms with Crippen molar-refractivity contribution in [2.45, 2.75) is 26.2 Å². The molecular formula is C12H16ClO2Zn. The molecule has 0 saturated heterocycles. The molecule has 4 heteroatoms. The summed E-state index contributed by atoms with van der Waals surface area (Å²) in [7, 11) is 0. The zero-order chi connectivity index (χ0) is 11.1. The summed E-state index contributed by atoms with van der Waals surface area (Å²) in [6.07, 6.45) is 2.37. The number of esters is 1. The van der Waals surface area contributed by atoms with Crippen LogP contribution in [0, 0.1) is 0 Å². The SMILES string of the molecule is CCOC(=O)CCCc1ccc[c]([Zn])c1.Cl. The summed E-state index contributed by atoms with van der Waals surface area (Å²) in [6.45, 7) is 2.32. The largest absolute Gasteiger partial charge is 0.147 e. The van der Waals surface area contributed by atoms with Crippen LogP contribution >= 0.6 is 12.4 Å². The summed E-state index contributed by atoms with van der Waals surface area (Å²) < 4.78 is 6.26. The van der Waals surface area contributed by atoms with E-state index in [-0.39, 0.29) is 18.4 Å². The summed E-state index contributed by atoms with van der Waals surface area (Å²) >= 11 is 1.19. The Morgan fingerprint density at radius 2 is 2.19 bits per heavy atom. The van der Waals surface area contributed by atoms with Crippen molar-refractivity contribution < 1.29 is 27.8 Å². The number of hydrogen-bond acceptors (Lipinski definition) is 2. The molecule has 0 N–H and O–H groups in total. The van der Waals surface area contributed by atoms with Gasteiger partial charge in [-0.3, -0.25) is 0 Å². The minimum atomic E-state index is -0.0846. The van der Waals surface area contributed by atoms with E-state index in [0.717, 1.165) is 12.8 Å². The van der Waals surface area contributed by atoms with Gasteiger partial charge in [-0.25, -0.2) is 0 Å². The van der Waals surface area contributed by atoms with E-state index in [4.69, 9.17) is 4.74 Å². The Morgan fingerprint density at radius 1 is 1.44 bits per heavy atom. The van der Waals surface area contributed by atoms with Gasteiger partial charge in [0.05, 0.1) is 0 Å². The molecule has 0 aromatic heterocycles. The van der Waals surface area contributed by atoms with E-state index in [1.807, 2.05) is 6.92 Å². The van der Waals surface area contributed by atoms with Gasteiger partial charge in [0.15, 0.2) is 0 Å². The molecule has 0 atom stereocenters. The monoisotopic (exact) mass is 291 g/mol. The predicted octanol–water partition coefficient (Wildman–Crippen LogP) is 2.17. The van der Waals surface area contributed by atoms with Crippen molar-refractivity contribution in [2.24, 2.45) is 0 Å². The maximum Gasteiger partial charge on any atom is -0.147 e. The van der Waals surface area contributed by atoms with E-state index in [9.17, 15) is 4.79 Å². The molecule has 0 aliphatic heterocycles. The van der Waals surface area contributed by atoms with Crippen LogP contribution in [-0.2, 0) is 34.3 Å². The Kier molecular flexibility index (Phi) is 8.50. The van der Waals surface area contributed by atoms with Gasteiger partial charge in [0, 0.05) is 0 Å². The number of hydrogen-bond donors (Lipinski definition) is 0. The van der Waals surface area contributed by atoms with Crippen molar-refractivity contribution >= 4 is 22.5 Å². The van der Waals surface area contributed by atoms with E-state index in [0.29, 0.717) is 13.0 Å². The molecule has 1 aromatic rings. The van der Waals surface area contributed by atoms with Gasteiger partial charge in [0.2, 0.25) is 0 Å². The number of rotatable bonds is 5. The third-order valence-electron chi connectivity index (χ3n) is 2.14. The van der Waals surface area contributed by atoms with Gasteiger partial charge in [-0.1, -0.05) is 0 Å². The van der Waals surface area contributed by atoms with Crippen LogP contribution in [0.5, 0.6) is 0 Å². The fraction of sp³-hybridized carbons (Fsp3) is 0.417. The van der Waals surface area contributed by atoms with E-state index in [2.05, 4.69) is 24.3 Å². The quantitative estimate of drug-likeness (QED) is 0.614. The fourth-order valence-corrected chi connectivity index (χ4v) is 2.29. The van der Waals surface area contributed by atoms with Crippen LogP contribution in [-0.4, -0.2) is 12.6 Å². The van der Waals surface area contributed by atoms with Crippen LogP contribution < -0.4 is 4.16 Å². The first kappa shape index (κ1) is 15.6. The van der Waals surface area contributed by atoms with Gasteiger partial charge < -0.3 is 0 Å². The van der Waals surface area contributed by atoms with Crippen molar-refractivity contribution in [3.8, 4) is 0 Å². The van der Waals surface area contributed by atoms with Crippen molar-refractivity contribution in [1.82, 2.24) is 0 Å². The number of ether oxygens (including phenoxy) is 1. The third kappa shape index (κ3) is 6.24. The molecular weight excluding hydrogens is 277 g/mol. The molecule has 0 radical (unpaired) electrons. The van der Waals surface area contributed by atoms with E-state index in [1.165, 1.54) is 28.0 Å². The van der Waals surface area contributed by atoms with Crippen molar-refractivity contribution in [3.63, 3.8) is 0 Å². The van der Waals surface area contributed by atoms with Gasteiger partial charge in [0.1, 0.15) is 0 Å². The second-order valence-corrected chi connectivity index (χ2v) is 5.19. The Balaban J connectivity index is 0.00000225. The van der Waals surface area contributed by atoms with Crippen LogP contribution in [0.2, 0.25) is 0 Å². The van der Waals surface area contributed by atoms with Crippen molar-refractivity contribution in [3.05, 3.63) is 29.8 Å². The molecule has 0 fully saturated rings. The number of aryl methyl sites for hydroxylation is 1. The van der Waals surface area contributed by atoms with Crippen LogP contribution in [0.25, 0.3) is 0 Å². The van der Waals surface area contributed by atoms with Crippen LogP contribution in [0.4, 0.5) is 0 Å². The van der Waals surface area contributed by atoms with Gasteiger partial charge in [-0.05, 0) is 0 Å². The Bertz CT molecular complexity index is 329. The molecule has 2 nitrogen and oxygen atoms in total. The summed E-state index contributed by atoms with van der Waals surface area (Å²) in [5, 5.41) is 0. The zero-order valence-corrected chi connectivity index (χ0v) is 13.4. The molecule has 16 heavy (non-hydrogen) atoms. The standard InChI is InChI=1S/C12H15O2.ClH.Zn/c1-2-14-12(13)10-6-9-11-7-4-3-5-8-11;;/h3-4,7-8H,2,6,9-10H2,1H3;1H;. The molecule has 0 bridgehead atoms. The smallest absolute Gasteiger partial charge is 0.147 e. The Morgan fingerprint density at radius 3 is 2.81 bits per heavy atom. The molecule has 1 rings (SSSR count). The number of halogens is 1. The van der Waals surface area contributed by atoms with Gasteiger partial charge >= 0.3 is 101 Å². The molecule has 0 unspecified atom stereocenters. The average Bonchev–Trinajstić information content (AvgIpc) is 2.18. The average molecular weight is 293 g/mol. The third-order valence-corrected chi connectivity index (χ3v) is 3.07. The first-order chi connectivity index (χ1) is 7.22. The number of carbonyl (C=O) groups is 1. The van der Waals surface area contributed by atoms with Crippen LogP contribution in [0.3, 0.4) is 0 Å². The molecule has 85 valence electrons. The first-order valence-electron chi connectivity index (χ1n) is 5.29. The second-order valence-electron chi connectivity index (χ2n) is 3.48. The topological polar surface area (TPSA) is 26.3 Å². The van der Waals surface area contributed by atoms with E-state index < -0.39 is 0 Å². The minimum absolute atomic E-state index is 0. The molecule has 0 saturated carbocycles. The zero-order valence-electron chi connectivity index (χ0n) is 9.57. The predicted molar refractivity (Wildman–Crippen MR) is 62.9 cm³/mol.